The maximum absolute atomic E-state index is 5.75. The minimum atomic E-state index is -0.604. The average molecular weight is 183 g/mol. The predicted octanol–water partition coefficient (Wildman–Crippen LogP) is 2.75. The van der Waals surface area contributed by atoms with Crippen molar-refractivity contribution >= 4 is 23.2 Å². The van der Waals surface area contributed by atoms with E-state index >= 15 is 0 Å². The van der Waals surface area contributed by atoms with Crippen LogP contribution in [0.2, 0.25) is 0 Å². The fraction of sp³-hybridized carbons (Fsp3) is 1.00. The van der Waals surface area contributed by atoms with Gasteiger partial charge in [-0.3, -0.25) is 0 Å². The second-order valence-electron chi connectivity index (χ2n) is 3.68. The van der Waals surface area contributed by atoms with Gasteiger partial charge in [0, 0.05) is 6.42 Å². The van der Waals surface area contributed by atoms with Gasteiger partial charge in [-0.25, -0.2) is 0 Å². The van der Waals surface area contributed by atoms with E-state index < -0.39 is 4.33 Å². The monoisotopic (exact) mass is 182 g/mol. The van der Waals surface area contributed by atoms with Crippen LogP contribution in [-0.4, -0.2) is 16.0 Å². The van der Waals surface area contributed by atoms with Crippen LogP contribution in [0.3, 0.4) is 0 Å². The highest BCUT2D eigenvalue weighted by molar-refractivity contribution is 6.51. The number of ether oxygens (including phenoxy) is 1. The van der Waals surface area contributed by atoms with Crippen molar-refractivity contribution in [2.75, 3.05) is 0 Å². The molecule has 3 heteroatoms. The van der Waals surface area contributed by atoms with E-state index in [0.29, 0.717) is 0 Å². The van der Waals surface area contributed by atoms with Crippen molar-refractivity contribution in [2.24, 2.45) is 0 Å². The fourth-order valence-corrected chi connectivity index (χ4v) is 1.11. The van der Waals surface area contributed by atoms with Crippen molar-refractivity contribution in [1.82, 2.24) is 0 Å². The van der Waals surface area contributed by atoms with Crippen molar-refractivity contribution in [3.05, 3.63) is 0 Å². The van der Waals surface area contributed by atoms with Crippen molar-refractivity contribution in [2.45, 2.75) is 43.2 Å². The van der Waals surface area contributed by atoms with E-state index in [1.807, 2.05) is 20.8 Å². The van der Waals surface area contributed by atoms with Crippen LogP contribution in [0, 0.1) is 0 Å². The molecule has 1 fully saturated rings. The first kappa shape index (κ1) is 8.63. The minimum absolute atomic E-state index is 0.0378. The zero-order chi connectivity index (χ0) is 7.99. The van der Waals surface area contributed by atoms with Gasteiger partial charge in [0.2, 0.25) is 0 Å². The highest BCUT2D eigenvalue weighted by atomic mass is 35.5. The molecule has 1 aliphatic rings. The average Bonchev–Trinajstić information content (AvgIpc) is 2.05. The lowest BCUT2D eigenvalue weighted by Crippen LogP contribution is -2.22. The summed E-state index contributed by atoms with van der Waals surface area (Å²) >= 11 is 11.5. The molecule has 0 heterocycles. The smallest absolute Gasteiger partial charge is 0.146 e. The van der Waals surface area contributed by atoms with Crippen LogP contribution >= 0.6 is 23.2 Å². The first-order valence-corrected chi connectivity index (χ1v) is 4.12. The third-order valence-electron chi connectivity index (χ3n) is 1.26. The molecule has 0 radical (unpaired) electrons. The zero-order valence-corrected chi connectivity index (χ0v) is 7.96. The molecule has 0 spiro atoms. The molecule has 1 rings (SSSR count). The van der Waals surface area contributed by atoms with Crippen LogP contribution in [0.25, 0.3) is 0 Å². The van der Waals surface area contributed by atoms with Gasteiger partial charge in [-0.1, -0.05) is 23.2 Å². The number of alkyl halides is 2. The highest BCUT2D eigenvalue weighted by Crippen LogP contribution is 2.50. The Labute approximate surface area is 71.6 Å². The standard InChI is InChI=1S/C7H12Cl2O/c1-6(2,3)10-5-4-7(5,8)9/h5H,4H2,1-3H3. The molecule has 1 atom stereocenters. The van der Waals surface area contributed by atoms with Gasteiger partial charge in [0.05, 0.1) is 11.7 Å². The van der Waals surface area contributed by atoms with Gasteiger partial charge in [-0.2, -0.15) is 0 Å². The topological polar surface area (TPSA) is 9.23 Å². The largest absolute Gasteiger partial charge is 0.369 e. The first-order valence-electron chi connectivity index (χ1n) is 3.37. The van der Waals surface area contributed by atoms with Crippen molar-refractivity contribution in [3.8, 4) is 0 Å². The first-order chi connectivity index (χ1) is 4.31. The summed E-state index contributed by atoms with van der Waals surface area (Å²) in [6, 6.07) is 0. The maximum atomic E-state index is 5.75. The predicted molar refractivity (Wildman–Crippen MR) is 43.7 cm³/mol. The van der Waals surface area contributed by atoms with E-state index in [4.69, 9.17) is 27.9 Å². The van der Waals surface area contributed by atoms with Crippen LogP contribution in [0.4, 0.5) is 0 Å². The van der Waals surface area contributed by atoms with E-state index in [0.717, 1.165) is 6.42 Å². The van der Waals surface area contributed by atoms with E-state index in [1.165, 1.54) is 0 Å². The third-order valence-corrected chi connectivity index (χ3v) is 2.06. The normalized spacial score (nSPS) is 30.3. The van der Waals surface area contributed by atoms with Crippen molar-refractivity contribution < 1.29 is 4.74 Å². The second-order valence-corrected chi connectivity index (χ2v) is 5.23. The van der Waals surface area contributed by atoms with Gasteiger partial charge in [0.25, 0.3) is 0 Å². The Morgan fingerprint density at radius 1 is 1.40 bits per heavy atom. The molecule has 0 N–H and O–H groups in total. The number of hydrogen-bond donors (Lipinski definition) is 0. The summed E-state index contributed by atoms with van der Waals surface area (Å²) in [5.41, 5.74) is -0.129. The third kappa shape index (κ3) is 2.30. The number of hydrogen-bond acceptors (Lipinski definition) is 1. The Kier molecular flexibility index (Phi) is 1.95. The molecule has 0 bridgehead atoms. The Morgan fingerprint density at radius 2 is 1.80 bits per heavy atom. The van der Waals surface area contributed by atoms with Crippen molar-refractivity contribution in [1.29, 1.82) is 0 Å². The summed E-state index contributed by atoms with van der Waals surface area (Å²) in [6.45, 7) is 5.99. The summed E-state index contributed by atoms with van der Waals surface area (Å²) in [5, 5.41) is 0. The minimum Gasteiger partial charge on any atom is -0.369 e. The van der Waals surface area contributed by atoms with Crippen molar-refractivity contribution in [3.63, 3.8) is 0 Å². The van der Waals surface area contributed by atoms with Gasteiger partial charge >= 0.3 is 0 Å². The molecule has 0 amide bonds. The quantitative estimate of drug-likeness (QED) is 0.568. The van der Waals surface area contributed by atoms with Gasteiger partial charge < -0.3 is 4.74 Å². The van der Waals surface area contributed by atoms with E-state index in [2.05, 4.69) is 0 Å². The van der Waals surface area contributed by atoms with Gasteiger partial charge in [0.1, 0.15) is 4.33 Å². The highest BCUT2D eigenvalue weighted by Gasteiger charge is 2.54. The molecule has 1 unspecified atom stereocenters. The number of halogens is 2. The van der Waals surface area contributed by atoms with Gasteiger partial charge in [-0.15, -0.1) is 0 Å². The van der Waals surface area contributed by atoms with Crippen LogP contribution in [-0.2, 0) is 4.74 Å². The SMILES string of the molecule is CC(C)(C)OC1CC1(Cl)Cl. The summed E-state index contributed by atoms with van der Waals surface area (Å²) in [5.74, 6) is 0. The Bertz CT molecular complexity index is 137. The molecule has 0 aliphatic heterocycles. The van der Waals surface area contributed by atoms with Crippen LogP contribution < -0.4 is 0 Å². The van der Waals surface area contributed by atoms with E-state index in [-0.39, 0.29) is 11.7 Å². The summed E-state index contributed by atoms with van der Waals surface area (Å²) in [7, 11) is 0. The Morgan fingerprint density at radius 3 is 1.90 bits per heavy atom. The van der Waals surface area contributed by atoms with Crippen LogP contribution in [0.1, 0.15) is 27.2 Å². The molecule has 0 aromatic heterocycles. The molecular formula is C7H12Cl2O. The summed E-state index contributed by atoms with van der Waals surface area (Å²) < 4.78 is 4.90. The molecule has 1 saturated carbocycles. The second kappa shape index (κ2) is 2.26. The molecule has 60 valence electrons. The Balaban J connectivity index is 2.31. The molecule has 1 nitrogen and oxygen atoms in total. The van der Waals surface area contributed by atoms with Gasteiger partial charge in [-0.05, 0) is 20.8 Å². The summed E-state index contributed by atoms with van der Waals surface area (Å²) in [4.78, 5) is 0. The lowest BCUT2D eigenvalue weighted by Gasteiger charge is -2.19. The molecule has 10 heavy (non-hydrogen) atoms. The molecule has 0 saturated heterocycles. The van der Waals surface area contributed by atoms with Crippen LogP contribution in [0.5, 0.6) is 0 Å². The van der Waals surface area contributed by atoms with E-state index in [9.17, 15) is 0 Å². The molecule has 0 aromatic rings. The maximum Gasteiger partial charge on any atom is 0.146 e. The van der Waals surface area contributed by atoms with E-state index in [1.54, 1.807) is 0 Å². The van der Waals surface area contributed by atoms with Crippen LogP contribution in [0.15, 0.2) is 0 Å². The molecular weight excluding hydrogens is 171 g/mol. The molecule has 1 aliphatic carbocycles. The lowest BCUT2D eigenvalue weighted by molar-refractivity contribution is -0.0162. The fourth-order valence-electron chi connectivity index (χ4n) is 0.743. The molecule has 0 aromatic carbocycles. The number of rotatable bonds is 1. The zero-order valence-electron chi connectivity index (χ0n) is 6.45. The summed E-state index contributed by atoms with van der Waals surface area (Å²) in [6.07, 6.45) is 0.795. The lowest BCUT2D eigenvalue weighted by atomic mass is 10.2. The Hall–Kier alpha value is 0.540. The van der Waals surface area contributed by atoms with Gasteiger partial charge in [0.15, 0.2) is 0 Å².